The number of hydrogen-bond acceptors (Lipinski definition) is 3. The summed E-state index contributed by atoms with van der Waals surface area (Å²) in [6.07, 6.45) is 0.788. The van der Waals surface area contributed by atoms with Gasteiger partial charge in [0.2, 0.25) is 5.91 Å². The van der Waals surface area contributed by atoms with E-state index in [9.17, 15) is 4.79 Å². The number of rotatable bonds is 5. The van der Waals surface area contributed by atoms with Crippen LogP contribution >= 0.6 is 0 Å². The van der Waals surface area contributed by atoms with Gasteiger partial charge in [-0.05, 0) is 30.9 Å². The smallest absolute Gasteiger partial charge is 0.224 e. The Balaban J connectivity index is 2.54. The molecule has 19 heavy (non-hydrogen) atoms. The summed E-state index contributed by atoms with van der Waals surface area (Å²) in [5, 5.41) is 2.92. The Hall–Kier alpha value is -1.42. The fourth-order valence-corrected chi connectivity index (χ4v) is 2.04. The lowest BCUT2D eigenvalue weighted by Gasteiger charge is -2.24. The third-order valence-electron chi connectivity index (χ3n) is 2.90. The minimum Gasteiger partial charge on any atom is -0.350 e. The van der Waals surface area contributed by atoms with Crippen LogP contribution in [0, 0.1) is 18.3 Å². The molecule has 0 saturated carbocycles. The van der Waals surface area contributed by atoms with Gasteiger partial charge in [-0.25, -0.2) is 0 Å². The molecule has 1 atom stereocenters. The maximum atomic E-state index is 12.1. The van der Waals surface area contributed by atoms with Crippen molar-refractivity contribution in [1.29, 1.82) is 0 Å². The van der Waals surface area contributed by atoms with Crippen LogP contribution in [0.3, 0.4) is 0 Å². The highest BCUT2D eigenvalue weighted by atomic mass is 16.1. The number of aryl methyl sites for hydroxylation is 1. The van der Waals surface area contributed by atoms with Crippen LogP contribution in [-0.2, 0) is 11.3 Å². The molecule has 0 aromatic carbocycles. The second-order valence-corrected chi connectivity index (χ2v) is 6.19. The van der Waals surface area contributed by atoms with Crippen LogP contribution in [0.1, 0.15) is 38.6 Å². The molecular formula is C15H25N3O. The van der Waals surface area contributed by atoms with Gasteiger partial charge in [-0.1, -0.05) is 26.8 Å². The lowest BCUT2D eigenvalue weighted by Crippen LogP contribution is -2.37. The predicted octanol–water partition coefficient (Wildman–Crippen LogP) is 2.02. The highest BCUT2D eigenvalue weighted by Crippen LogP contribution is 2.24. The van der Waals surface area contributed by atoms with Crippen LogP contribution in [0.15, 0.2) is 18.2 Å². The van der Waals surface area contributed by atoms with E-state index in [1.807, 2.05) is 25.1 Å². The van der Waals surface area contributed by atoms with E-state index in [-0.39, 0.29) is 17.2 Å². The number of pyridine rings is 1. The minimum absolute atomic E-state index is 0.0146. The number of nitrogens with one attached hydrogen (secondary N) is 1. The molecule has 1 heterocycles. The van der Waals surface area contributed by atoms with Gasteiger partial charge in [0.25, 0.3) is 0 Å². The molecule has 0 fully saturated rings. The Morgan fingerprint density at radius 2 is 2.11 bits per heavy atom. The maximum Gasteiger partial charge on any atom is 0.224 e. The normalized spacial score (nSPS) is 13.1. The highest BCUT2D eigenvalue weighted by Gasteiger charge is 2.23. The molecule has 106 valence electrons. The first-order valence-electron chi connectivity index (χ1n) is 6.72. The standard InChI is InChI=1S/C15H25N3O/c1-11-6-5-7-13(18-11)10-17-14(19)12(9-16)8-15(2,3)4/h5-7,12H,8-10,16H2,1-4H3,(H,17,19). The van der Waals surface area contributed by atoms with Crippen molar-refractivity contribution >= 4 is 5.91 Å². The number of nitrogens with zero attached hydrogens (tertiary/aromatic N) is 1. The SMILES string of the molecule is Cc1cccc(CNC(=O)C(CN)CC(C)(C)C)n1. The second kappa shape index (κ2) is 6.66. The van der Waals surface area contributed by atoms with Crippen LogP contribution in [0.25, 0.3) is 0 Å². The molecule has 4 heteroatoms. The molecule has 1 aromatic heterocycles. The van der Waals surface area contributed by atoms with Crippen LogP contribution < -0.4 is 11.1 Å². The summed E-state index contributed by atoms with van der Waals surface area (Å²) in [6, 6.07) is 5.79. The molecule has 0 aliphatic rings. The van der Waals surface area contributed by atoms with Crippen molar-refractivity contribution in [2.45, 2.75) is 40.7 Å². The largest absolute Gasteiger partial charge is 0.350 e. The molecule has 0 radical (unpaired) electrons. The zero-order chi connectivity index (χ0) is 14.5. The molecule has 0 bridgehead atoms. The first kappa shape index (κ1) is 15.6. The number of nitrogens with two attached hydrogens (primary N) is 1. The number of carbonyl (C=O) groups excluding carboxylic acids is 1. The summed E-state index contributed by atoms with van der Waals surface area (Å²) >= 11 is 0. The van der Waals surface area contributed by atoms with Gasteiger partial charge in [0.1, 0.15) is 0 Å². The molecule has 4 nitrogen and oxygen atoms in total. The van der Waals surface area contributed by atoms with E-state index in [0.29, 0.717) is 13.1 Å². The van der Waals surface area contributed by atoms with Crippen molar-refractivity contribution in [1.82, 2.24) is 10.3 Å². The van der Waals surface area contributed by atoms with Crippen LogP contribution in [-0.4, -0.2) is 17.4 Å². The summed E-state index contributed by atoms with van der Waals surface area (Å²) in [6.45, 7) is 9.13. The molecule has 1 rings (SSSR count). The summed E-state index contributed by atoms with van der Waals surface area (Å²) < 4.78 is 0. The van der Waals surface area contributed by atoms with Crippen LogP contribution in [0.5, 0.6) is 0 Å². The van der Waals surface area contributed by atoms with Crippen molar-refractivity contribution < 1.29 is 4.79 Å². The Morgan fingerprint density at radius 3 is 2.63 bits per heavy atom. The first-order valence-corrected chi connectivity index (χ1v) is 6.72. The van der Waals surface area contributed by atoms with E-state index in [2.05, 4.69) is 31.1 Å². The van der Waals surface area contributed by atoms with Gasteiger partial charge in [0.15, 0.2) is 0 Å². The van der Waals surface area contributed by atoms with Crippen LogP contribution in [0.2, 0.25) is 0 Å². The molecule has 1 amide bonds. The van der Waals surface area contributed by atoms with Crippen molar-refractivity contribution in [3.63, 3.8) is 0 Å². The molecule has 1 aromatic rings. The van der Waals surface area contributed by atoms with Gasteiger partial charge in [0.05, 0.1) is 18.2 Å². The fraction of sp³-hybridized carbons (Fsp3) is 0.600. The molecule has 0 aliphatic heterocycles. The number of carbonyl (C=O) groups is 1. The molecule has 0 saturated heterocycles. The van der Waals surface area contributed by atoms with Crippen molar-refractivity contribution in [3.8, 4) is 0 Å². The molecule has 1 unspecified atom stereocenters. The summed E-state index contributed by atoms with van der Waals surface area (Å²) in [7, 11) is 0. The molecule has 3 N–H and O–H groups in total. The molecule has 0 spiro atoms. The lowest BCUT2D eigenvalue weighted by atomic mass is 9.84. The molecule has 0 aliphatic carbocycles. The average Bonchev–Trinajstić information content (AvgIpc) is 2.32. The topological polar surface area (TPSA) is 68.0 Å². The Kier molecular flexibility index (Phi) is 5.48. The Labute approximate surface area is 115 Å². The van der Waals surface area contributed by atoms with E-state index in [1.165, 1.54) is 0 Å². The quantitative estimate of drug-likeness (QED) is 0.854. The van der Waals surface area contributed by atoms with Gasteiger partial charge < -0.3 is 11.1 Å². The Morgan fingerprint density at radius 1 is 1.42 bits per heavy atom. The number of amides is 1. The zero-order valence-electron chi connectivity index (χ0n) is 12.4. The monoisotopic (exact) mass is 263 g/mol. The third kappa shape index (κ3) is 5.83. The predicted molar refractivity (Wildman–Crippen MR) is 77.4 cm³/mol. The highest BCUT2D eigenvalue weighted by molar-refractivity contribution is 5.78. The van der Waals surface area contributed by atoms with Crippen molar-refractivity contribution in [2.24, 2.45) is 17.1 Å². The van der Waals surface area contributed by atoms with Gasteiger partial charge in [0, 0.05) is 12.2 Å². The third-order valence-corrected chi connectivity index (χ3v) is 2.90. The van der Waals surface area contributed by atoms with E-state index in [0.717, 1.165) is 17.8 Å². The van der Waals surface area contributed by atoms with E-state index < -0.39 is 0 Å². The van der Waals surface area contributed by atoms with E-state index in [1.54, 1.807) is 0 Å². The minimum atomic E-state index is -0.134. The summed E-state index contributed by atoms with van der Waals surface area (Å²) in [4.78, 5) is 16.5. The second-order valence-electron chi connectivity index (χ2n) is 6.19. The van der Waals surface area contributed by atoms with E-state index >= 15 is 0 Å². The lowest BCUT2D eigenvalue weighted by molar-refractivity contribution is -0.125. The van der Waals surface area contributed by atoms with Gasteiger partial charge >= 0.3 is 0 Å². The summed E-state index contributed by atoms with van der Waals surface area (Å²) in [5.74, 6) is -0.120. The summed E-state index contributed by atoms with van der Waals surface area (Å²) in [5.41, 5.74) is 7.63. The Bertz CT molecular complexity index is 424. The number of aromatic nitrogens is 1. The number of hydrogen-bond donors (Lipinski definition) is 2. The maximum absolute atomic E-state index is 12.1. The fourth-order valence-electron chi connectivity index (χ4n) is 2.04. The van der Waals surface area contributed by atoms with Gasteiger partial charge in [-0.2, -0.15) is 0 Å². The van der Waals surface area contributed by atoms with Gasteiger partial charge in [-0.15, -0.1) is 0 Å². The first-order chi connectivity index (χ1) is 8.81. The van der Waals surface area contributed by atoms with Gasteiger partial charge in [-0.3, -0.25) is 9.78 Å². The van der Waals surface area contributed by atoms with Crippen molar-refractivity contribution in [3.05, 3.63) is 29.6 Å². The molecular weight excluding hydrogens is 238 g/mol. The zero-order valence-corrected chi connectivity index (χ0v) is 12.4. The van der Waals surface area contributed by atoms with Crippen molar-refractivity contribution in [2.75, 3.05) is 6.54 Å². The van der Waals surface area contributed by atoms with Crippen LogP contribution in [0.4, 0.5) is 0 Å². The average molecular weight is 263 g/mol. The van der Waals surface area contributed by atoms with E-state index in [4.69, 9.17) is 5.73 Å².